The lowest BCUT2D eigenvalue weighted by Gasteiger charge is -2.23. The van der Waals surface area contributed by atoms with Gasteiger partial charge < -0.3 is 10.1 Å². The Kier molecular flexibility index (Phi) is 6.51. The van der Waals surface area contributed by atoms with E-state index in [4.69, 9.17) is 4.74 Å². The molecule has 2 rings (SSSR count). The van der Waals surface area contributed by atoms with Crippen LogP contribution in [0.4, 0.5) is 0 Å². The molecule has 3 nitrogen and oxygen atoms in total. The normalized spacial score (nSPS) is 14.9. The first-order chi connectivity index (χ1) is 9.85. The Morgan fingerprint density at radius 3 is 2.65 bits per heavy atom. The molecule has 3 heteroatoms. The van der Waals surface area contributed by atoms with E-state index in [1.807, 2.05) is 0 Å². The van der Waals surface area contributed by atoms with Crippen LogP contribution in [0.3, 0.4) is 0 Å². The van der Waals surface area contributed by atoms with Gasteiger partial charge in [-0.3, -0.25) is 4.90 Å². The van der Waals surface area contributed by atoms with Crippen LogP contribution < -0.4 is 5.32 Å². The zero-order chi connectivity index (χ0) is 14.2. The number of rotatable bonds is 10. The molecule has 0 saturated heterocycles. The van der Waals surface area contributed by atoms with Gasteiger partial charge in [-0.2, -0.15) is 0 Å². The third-order valence-corrected chi connectivity index (χ3v) is 3.96. The maximum atomic E-state index is 5.25. The lowest BCUT2D eigenvalue weighted by Crippen LogP contribution is -2.29. The summed E-state index contributed by atoms with van der Waals surface area (Å²) in [5.41, 5.74) is 2.96. The highest BCUT2D eigenvalue weighted by Gasteiger charge is 2.28. The van der Waals surface area contributed by atoms with Gasteiger partial charge in [0.2, 0.25) is 0 Å². The van der Waals surface area contributed by atoms with Crippen molar-refractivity contribution in [2.45, 2.75) is 38.8 Å². The Morgan fingerprint density at radius 2 is 2.00 bits per heavy atom. The highest BCUT2D eigenvalue weighted by Crippen LogP contribution is 2.28. The Morgan fingerprint density at radius 1 is 1.25 bits per heavy atom. The number of hydrogen-bond donors (Lipinski definition) is 1. The first-order valence-electron chi connectivity index (χ1n) is 7.85. The average molecular weight is 276 g/mol. The maximum absolute atomic E-state index is 5.25. The van der Waals surface area contributed by atoms with Crippen molar-refractivity contribution in [2.75, 3.05) is 33.4 Å². The van der Waals surface area contributed by atoms with Crippen molar-refractivity contribution < 1.29 is 4.74 Å². The van der Waals surface area contributed by atoms with E-state index in [0.717, 1.165) is 45.2 Å². The molecule has 0 radical (unpaired) electrons. The Hall–Kier alpha value is -0.900. The molecule has 1 fully saturated rings. The Bertz CT molecular complexity index is 390. The predicted molar refractivity (Wildman–Crippen MR) is 84.0 cm³/mol. The second-order valence-corrected chi connectivity index (χ2v) is 5.57. The predicted octanol–water partition coefficient (Wildman–Crippen LogP) is 2.45. The van der Waals surface area contributed by atoms with E-state index in [1.54, 1.807) is 7.11 Å². The van der Waals surface area contributed by atoms with Crippen molar-refractivity contribution in [3.8, 4) is 0 Å². The highest BCUT2D eigenvalue weighted by molar-refractivity contribution is 5.27. The van der Waals surface area contributed by atoms with Crippen molar-refractivity contribution in [3.63, 3.8) is 0 Å². The van der Waals surface area contributed by atoms with Gasteiger partial charge in [0.25, 0.3) is 0 Å². The van der Waals surface area contributed by atoms with Crippen LogP contribution in [0.25, 0.3) is 0 Å². The molecule has 1 aromatic rings. The molecular formula is C17H28N2O. The van der Waals surface area contributed by atoms with Crippen LogP contribution in [0.1, 0.15) is 30.9 Å². The lowest BCUT2D eigenvalue weighted by molar-refractivity contribution is 0.139. The molecular weight excluding hydrogens is 248 g/mol. The van der Waals surface area contributed by atoms with Crippen molar-refractivity contribution in [1.29, 1.82) is 0 Å². The van der Waals surface area contributed by atoms with Crippen LogP contribution in [0, 0.1) is 0 Å². The van der Waals surface area contributed by atoms with E-state index in [2.05, 4.69) is 41.4 Å². The highest BCUT2D eigenvalue weighted by atomic mass is 16.5. The number of likely N-dealkylation sites (N-methyl/N-ethyl adjacent to an activating group) is 1. The number of nitrogens with one attached hydrogen (secondary N) is 1. The lowest BCUT2D eigenvalue weighted by atomic mass is 10.0. The van der Waals surface area contributed by atoms with Gasteiger partial charge in [0, 0.05) is 26.2 Å². The molecule has 1 aromatic carbocycles. The minimum Gasteiger partial charge on any atom is -0.383 e. The third-order valence-electron chi connectivity index (χ3n) is 3.96. The molecule has 0 amide bonds. The smallest absolute Gasteiger partial charge is 0.0589 e. The molecule has 1 aliphatic rings. The molecule has 112 valence electrons. The van der Waals surface area contributed by atoms with E-state index < -0.39 is 0 Å². The standard InChI is InChI=1S/C17H28N2O/c1-3-18-11-10-15-6-4-5-7-16(15)14-19(12-13-20-2)17-8-9-17/h4-7,17-18H,3,8-14H2,1-2H3. The molecule has 0 bridgehead atoms. The van der Waals surface area contributed by atoms with E-state index in [0.29, 0.717) is 0 Å². The van der Waals surface area contributed by atoms with Crippen molar-refractivity contribution in [3.05, 3.63) is 35.4 Å². The van der Waals surface area contributed by atoms with Crippen LogP contribution in [-0.2, 0) is 17.7 Å². The number of ether oxygens (including phenoxy) is 1. The van der Waals surface area contributed by atoms with Gasteiger partial charge in [0.05, 0.1) is 6.61 Å². The summed E-state index contributed by atoms with van der Waals surface area (Å²) in [5, 5.41) is 3.41. The van der Waals surface area contributed by atoms with Crippen molar-refractivity contribution in [1.82, 2.24) is 10.2 Å². The van der Waals surface area contributed by atoms with Gasteiger partial charge in [0.1, 0.15) is 0 Å². The van der Waals surface area contributed by atoms with E-state index >= 15 is 0 Å². The van der Waals surface area contributed by atoms with Crippen LogP contribution in [0.15, 0.2) is 24.3 Å². The van der Waals surface area contributed by atoms with Gasteiger partial charge in [-0.05, 0) is 43.5 Å². The summed E-state index contributed by atoms with van der Waals surface area (Å²) in [7, 11) is 1.79. The molecule has 0 heterocycles. The molecule has 20 heavy (non-hydrogen) atoms. The summed E-state index contributed by atoms with van der Waals surface area (Å²) < 4.78 is 5.25. The zero-order valence-electron chi connectivity index (χ0n) is 12.9. The van der Waals surface area contributed by atoms with E-state index in [1.165, 1.54) is 24.0 Å². The third kappa shape index (κ3) is 4.89. The van der Waals surface area contributed by atoms with Gasteiger partial charge in [0.15, 0.2) is 0 Å². The monoisotopic (exact) mass is 276 g/mol. The summed E-state index contributed by atoms with van der Waals surface area (Å²) in [6, 6.07) is 9.65. The summed E-state index contributed by atoms with van der Waals surface area (Å²) in [6.07, 6.45) is 3.82. The van der Waals surface area contributed by atoms with E-state index in [9.17, 15) is 0 Å². The number of benzene rings is 1. The summed E-state index contributed by atoms with van der Waals surface area (Å²) in [5.74, 6) is 0. The molecule has 0 aromatic heterocycles. The van der Waals surface area contributed by atoms with Crippen LogP contribution in [-0.4, -0.2) is 44.3 Å². The quantitative estimate of drug-likeness (QED) is 0.664. The summed E-state index contributed by atoms with van der Waals surface area (Å²) >= 11 is 0. The summed E-state index contributed by atoms with van der Waals surface area (Å²) in [6.45, 7) is 7.21. The molecule has 0 aliphatic heterocycles. The van der Waals surface area contributed by atoms with Gasteiger partial charge >= 0.3 is 0 Å². The maximum Gasteiger partial charge on any atom is 0.0589 e. The number of nitrogens with zero attached hydrogens (tertiary/aromatic N) is 1. The van der Waals surface area contributed by atoms with Crippen LogP contribution in [0.5, 0.6) is 0 Å². The minimum atomic E-state index is 0.784. The fourth-order valence-electron chi connectivity index (χ4n) is 2.61. The topological polar surface area (TPSA) is 24.5 Å². The molecule has 0 unspecified atom stereocenters. The van der Waals surface area contributed by atoms with E-state index in [-0.39, 0.29) is 0 Å². The fraction of sp³-hybridized carbons (Fsp3) is 0.647. The van der Waals surface area contributed by atoms with Crippen LogP contribution >= 0.6 is 0 Å². The van der Waals surface area contributed by atoms with Crippen molar-refractivity contribution in [2.24, 2.45) is 0 Å². The average Bonchev–Trinajstić information content (AvgIpc) is 3.30. The van der Waals surface area contributed by atoms with Gasteiger partial charge in [-0.15, -0.1) is 0 Å². The van der Waals surface area contributed by atoms with Gasteiger partial charge in [-0.1, -0.05) is 31.2 Å². The number of hydrogen-bond acceptors (Lipinski definition) is 3. The second-order valence-electron chi connectivity index (χ2n) is 5.57. The molecule has 0 spiro atoms. The second kappa shape index (κ2) is 8.40. The SMILES string of the molecule is CCNCCc1ccccc1CN(CCOC)C1CC1. The molecule has 1 N–H and O–H groups in total. The van der Waals surface area contributed by atoms with Crippen molar-refractivity contribution >= 4 is 0 Å². The summed E-state index contributed by atoms with van der Waals surface area (Å²) in [4.78, 5) is 2.58. The van der Waals surface area contributed by atoms with Crippen LogP contribution in [0.2, 0.25) is 0 Å². The first kappa shape index (κ1) is 15.5. The molecule has 0 atom stereocenters. The Balaban J connectivity index is 1.95. The first-order valence-corrected chi connectivity index (χ1v) is 7.85. The fourth-order valence-corrected chi connectivity index (χ4v) is 2.61. The molecule has 1 aliphatic carbocycles. The molecule has 1 saturated carbocycles. The largest absolute Gasteiger partial charge is 0.383 e. The Labute approximate surface area is 123 Å². The number of methoxy groups -OCH3 is 1. The minimum absolute atomic E-state index is 0.784. The zero-order valence-corrected chi connectivity index (χ0v) is 12.9. The van der Waals surface area contributed by atoms with Gasteiger partial charge in [-0.25, -0.2) is 0 Å².